The predicted octanol–water partition coefficient (Wildman–Crippen LogP) is 4.29. The molecule has 1 aliphatic rings. The van der Waals surface area contributed by atoms with Crippen LogP contribution in [0, 0.1) is 5.92 Å². The molecule has 0 aliphatic carbocycles. The molecule has 1 aliphatic heterocycles. The lowest BCUT2D eigenvalue weighted by Crippen LogP contribution is -2.43. The second-order valence-corrected chi connectivity index (χ2v) is 8.21. The quantitative estimate of drug-likeness (QED) is 0.737. The second-order valence-electron chi connectivity index (χ2n) is 7.22. The Morgan fingerprint density at radius 1 is 1.17 bits per heavy atom. The van der Waals surface area contributed by atoms with Crippen LogP contribution >= 0.6 is 11.8 Å². The van der Waals surface area contributed by atoms with Crippen molar-refractivity contribution in [3.63, 3.8) is 0 Å². The SMILES string of the molecule is COc1cccc(-c2ccc(NC(=O)[C@H]3CCCN(C(=O)CCSC)C3)cc2)c1. The number of nitrogens with zero attached hydrogens (tertiary/aromatic N) is 1. The van der Waals surface area contributed by atoms with E-state index in [9.17, 15) is 9.59 Å². The third kappa shape index (κ3) is 5.76. The van der Waals surface area contributed by atoms with E-state index in [1.807, 2.05) is 59.7 Å². The van der Waals surface area contributed by atoms with Crippen LogP contribution in [-0.2, 0) is 9.59 Å². The van der Waals surface area contributed by atoms with Gasteiger partial charge in [0, 0.05) is 31.0 Å². The molecule has 2 aromatic carbocycles. The van der Waals surface area contributed by atoms with Gasteiger partial charge < -0.3 is 15.0 Å². The molecule has 0 saturated carbocycles. The number of rotatable bonds is 7. The molecular formula is C23H28N2O3S. The minimum Gasteiger partial charge on any atom is -0.497 e. The van der Waals surface area contributed by atoms with Crippen LogP contribution in [0.3, 0.4) is 0 Å². The highest BCUT2D eigenvalue weighted by atomic mass is 32.2. The zero-order valence-corrected chi connectivity index (χ0v) is 17.8. The topological polar surface area (TPSA) is 58.6 Å². The van der Waals surface area contributed by atoms with Crippen molar-refractivity contribution in [2.24, 2.45) is 5.92 Å². The van der Waals surface area contributed by atoms with Gasteiger partial charge in [0.2, 0.25) is 11.8 Å². The summed E-state index contributed by atoms with van der Waals surface area (Å²) in [5.41, 5.74) is 2.89. The molecule has 1 N–H and O–H groups in total. The average molecular weight is 413 g/mol. The number of carbonyl (C=O) groups excluding carboxylic acids is 2. The first-order valence-corrected chi connectivity index (χ1v) is 11.3. The maximum Gasteiger partial charge on any atom is 0.229 e. The minimum atomic E-state index is -0.153. The number of likely N-dealkylation sites (tertiary alicyclic amines) is 1. The Balaban J connectivity index is 1.59. The fourth-order valence-corrected chi connectivity index (χ4v) is 3.94. The normalized spacial score (nSPS) is 16.3. The van der Waals surface area contributed by atoms with Gasteiger partial charge in [-0.25, -0.2) is 0 Å². The number of amides is 2. The Morgan fingerprint density at radius 2 is 1.97 bits per heavy atom. The molecule has 3 rings (SSSR count). The Hall–Kier alpha value is -2.47. The summed E-state index contributed by atoms with van der Waals surface area (Å²) in [6.07, 6.45) is 4.23. The van der Waals surface area contributed by atoms with E-state index < -0.39 is 0 Å². The van der Waals surface area contributed by atoms with E-state index >= 15 is 0 Å². The molecule has 1 saturated heterocycles. The lowest BCUT2D eigenvalue weighted by atomic mass is 9.96. The van der Waals surface area contributed by atoms with E-state index in [0.29, 0.717) is 13.0 Å². The third-order valence-electron chi connectivity index (χ3n) is 5.22. The molecule has 6 heteroatoms. The Morgan fingerprint density at radius 3 is 2.69 bits per heavy atom. The number of carbonyl (C=O) groups is 2. The molecule has 1 fully saturated rings. The largest absolute Gasteiger partial charge is 0.497 e. The Kier molecular flexibility index (Phi) is 7.58. The summed E-state index contributed by atoms with van der Waals surface area (Å²) in [6, 6.07) is 15.7. The summed E-state index contributed by atoms with van der Waals surface area (Å²) < 4.78 is 5.28. The first-order chi connectivity index (χ1) is 14.1. The maximum atomic E-state index is 12.7. The monoisotopic (exact) mass is 412 g/mol. The fourth-order valence-electron chi connectivity index (χ4n) is 3.56. The summed E-state index contributed by atoms with van der Waals surface area (Å²) >= 11 is 1.67. The Bertz CT molecular complexity index is 838. The summed E-state index contributed by atoms with van der Waals surface area (Å²) in [6.45, 7) is 1.27. The molecule has 2 amide bonds. The van der Waals surface area contributed by atoms with E-state index in [1.165, 1.54) is 0 Å². The molecular weight excluding hydrogens is 384 g/mol. The highest BCUT2D eigenvalue weighted by molar-refractivity contribution is 7.98. The van der Waals surface area contributed by atoms with Gasteiger partial charge >= 0.3 is 0 Å². The van der Waals surface area contributed by atoms with Crippen LogP contribution in [0.5, 0.6) is 5.75 Å². The molecule has 0 spiro atoms. The first kappa shape index (κ1) is 21.2. The van der Waals surface area contributed by atoms with Gasteiger partial charge in [-0.2, -0.15) is 11.8 Å². The van der Waals surface area contributed by atoms with Gasteiger partial charge in [-0.1, -0.05) is 24.3 Å². The van der Waals surface area contributed by atoms with Crippen molar-refractivity contribution < 1.29 is 14.3 Å². The van der Waals surface area contributed by atoms with Crippen molar-refractivity contribution in [2.45, 2.75) is 19.3 Å². The van der Waals surface area contributed by atoms with E-state index in [1.54, 1.807) is 18.9 Å². The molecule has 2 aromatic rings. The predicted molar refractivity (Wildman–Crippen MR) is 119 cm³/mol. The van der Waals surface area contributed by atoms with Gasteiger partial charge in [-0.05, 0) is 54.5 Å². The van der Waals surface area contributed by atoms with Gasteiger partial charge in [0.25, 0.3) is 0 Å². The number of nitrogens with one attached hydrogen (secondary N) is 1. The van der Waals surface area contributed by atoms with Crippen LogP contribution in [0.2, 0.25) is 0 Å². The van der Waals surface area contributed by atoms with Crippen molar-refractivity contribution in [2.75, 3.05) is 37.5 Å². The summed E-state index contributed by atoms with van der Waals surface area (Å²) in [4.78, 5) is 26.8. The number of methoxy groups -OCH3 is 1. The number of hydrogen-bond acceptors (Lipinski definition) is 4. The van der Waals surface area contributed by atoms with Crippen LogP contribution in [-0.4, -0.2) is 48.9 Å². The standard InChI is InChI=1S/C23H28N2O3S/c1-28-21-7-3-5-18(15-21)17-8-10-20(11-9-17)24-23(27)19-6-4-13-25(16-19)22(26)12-14-29-2/h3,5,7-11,15,19H,4,6,12-14,16H2,1-2H3,(H,24,27)/t19-/m0/s1. The Labute approximate surface area is 176 Å². The number of ether oxygens (including phenoxy) is 1. The third-order valence-corrected chi connectivity index (χ3v) is 5.83. The van der Waals surface area contributed by atoms with Crippen LogP contribution in [0.1, 0.15) is 19.3 Å². The van der Waals surface area contributed by atoms with Crippen LogP contribution in [0.25, 0.3) is 11.1 Å². The molecule has 5 nitrogen and oxygen atoms in total. The van der Waals surface area contributed by atoms with Crippen LogP contribution < -0.4 is 10.1 Å². The fraction of sp³-hybridized carbons (Fsp3) is 0.391. The van der Waals surface area contributed by atoms with Crippen molar-refractivity contribution in [3.05, 3.63) is 48.5 Å². The number of benzene rings is 2. The lowest BCUT2D eigenvalue weighted by Gasteiger charge is -2.32. The molecule has 0 radical (unpaired) electrons. The smallest absolute Gasteiger partial charge is 0.229 e. The number of piperidine rings is 1. The summed E-state index contributed by atoms with van der Waals surface area (Å²) in [7, 11) is 1.65. The highest BCUT2D eigenvalue weighted by Gasteiger charge is 2.28. The zero-order valence-electron chi connectivity index (χ0n) is 17.0. The molecule has 0 unspecified atom stereocenters. The molecule has 29 heavy (non-hydrogen) atoms. The van der Waals surface area contributed by atoms with E-state index in [0.717, 1.165) is 47.7 Å². The summed E-state index contributed by atoms with van der Waals surface area (Å²) in [5.74, 6) is 1.63. The van der Waals surface area contributed by atoms with Gasteiger partial charge in [0.1, 0.15) is 5.75 Å². The number of thioether (sulfide) groups is 1. The van der Waals surface area contributed by atoms with Gasteiger partial charge in [-0.15, -0.1) is 0 Å². The van der Waals surface area contributed by atoms with Gasteiger partial charge in [-0.3, -0.25) is 9.59 Å². The number of hydrogen-bond donors (Lipinski definition) is 1. The van der Waals surface area contributed by atoms with E-state index in [2.05, 4.69) is 5.32 Å². The van der Waals surface area contributed by atoms with Crippen molar-refractivity contribution in [1.29, 1.82) is 0 Å². The second kappa shape index (κ2) is 10.3. The molecule has 154 valence electrons. The molecule has 1 heterocycles. The van der Waals surface area contributed by atoms with Crippen molar-refractivity contribution in [3.8, 4) is 16.9 Å². The maximum absolute atomic E-state index is 12.7. The number of anilines is 1. The molecule has 0 aromatic heterocycles. The first-order valence-electron chi connectivity index (χ1n) is 9.93. The van der Waals surface area contributed by atoms with Gasteiger partial charge in [0.15, 0.2) is 0 Å². The van der Waals surface area contributed by atoms with Gasteiger partial charge in [0.05, 0.1) is 13.0 Å². The molecule has 0 bridgehead atoms. The zero-order chi connectivity index (χ0) is 20.6. The lowest BCUT2D eigenvalue weighted by molar-refractivity contribution is -0.134. The van der Waals surface area contributed by atoms with E-state index in [-0.39, 0.29) is 17.7 Å². The van der Waals surface area contributed by atoms with Crippen LogP contribution in [0.4, 0.5) is 5.69 Å². The highest BCUT2D eigenvalue weighted by Crippen LogP contribution is 2.26. The van der Waals surface area contributed by atoms with Crippen molar-refractivity contribution >= 4 is 29.3 Å². The molecule has 1 atom stereocenters. The van der Waals surface area contributed by atoms with E-state index in [4.69, 9.17) is 4.74 Å². The van der Waals surface area contributed by atoms with Crippen LogP contribution in [0.15, 0.2) is 48.5 Å². The minimum absolute atomic E-state index is 0.0125. The van der Waals surface area contributed by atoms with Crippen molar-refractivity contribution in [1.82, 2.24) is 4.90 Å². The summed E-state index contributed by atoms with van der Waals surface area (Å²) in [5, 5.41) is 3.01. The average Bonchev–Trinajstić information content (AvgIpc) is 2.78.